The van der Waals surface area contributed by atoms with E-state index in [1.54, 1.807) is 30.3 Å². The van der Waals surface area contributed by atoms with E-state index >= 15 is 0 Å². The molecule has 10 heteroatoms. The van der Waals surface area contributed by atoms with E-state index in [0.29, 0.717) is 28.7 Å². The van der Waals surface area contributed by atoms with Gasteiger partial charge in [0, 0.05) is 11.6 Å². The lowest BCUT2D eigenvalue weighted by Crippen LogP contribution is -2.17. The Hall–Kier alpha value is -3.53. The largest absolute Gasteiger partial charge is 0.573 e. The molecule has 0 spiro atoms. The zero-order chi connectivity index (χ0) is 19.6. The van der Waals surface area contributed by atoms with Crippen LogP contribution in [0.15, 0.2) is 71.3 Å². The summed E-state index contributed by atoms with van der Waals surface area (Å²) in [6.45, 7) is 0. The van der Waals surface area contributed by atoms with Crippen LogP contribution in [0.25, 0.3) is 11.5 Å². The molecule has 2 heterocycles. The first kappa shape index (κ1) is 17.9. The first-order valence-electron chi connectivity index (χ1n) is 8.00. The topological polar surface area (TPSA) is 78.6 Å². The number of hydrogen-bond acceptors (Lipinski definition) is 7. The summed E-state index contributed by atoms with van der Waals surface area (Å²) in [5, 5.41) is 7.46. The van der Waals surface area contributed by atoms with Crippen LogP contribution >= 0.6 is 0 Å². The predicted octanol–water partition coefficient (Wildman–Crippen LogP) is 4.13. The third-order valence-corrected chi connectivity index (χ3v) is 3.70. The lowest BCUT2D eigenvalue weighted by atomic mass is 10.1. The van der Waals surface area contributed by atoms with Gasteiger partial charge in [0.2, 0.25) is 18.2 Å². The monoisotopic (exact) mass is 391 g/mol. The number of ether oxygens (including phenoxy) is 2. The third kappa shape index (κ3) is 4.23. The molecule has 0 aliphatic carbocycles. The molecule has 28 heavy (non-hydrogen) atoms. The highest BCUT2D eigenvalue weighted by atomic mass is 19.4. The van der Waals surface area contributed by atoms with E-state index in [4.69, 9.17) is 14.0 Å². The molecule has 0 saturated heterocycles. The number of rotatable bonds is 5. The van der Waals surface area contributed by atoms with Crippen LogP contribution in [0.1, 0.15) is 11.7 Å². The van der Waals surface area contributed by atoms with Crippen molar-refractivity contribution in [2.45, 2.75) is 12.5 Å². The zero-order valence-corrected chi connectivity index (χ0v) is 14.0. The SMILES string of the molecule is FC(F)(F)Oc1ccc([C@@H]2C=C(Oc3cccc(-c4nnco4)c3)NO2)cc1. The fraction of sp³-hybridized carbons (Fsp3) is 0.111. The molecule has 2 aromatic carbocycles. The molecule has 1 N–H and O–H groups in total. The van der Waals surface area contributed by atoms with Crippen LogP contribution in [-0.4, -0.2) is 16.6 Å². The molecule has 3 aromatic rings. The minimum absolute atomic E-state index is 0.305. The highest BCUT2D eigenvalue weighted by Crippen LogP contribution is 2.29. The molecule has 7 nitrogen and oxygen atoms in total. The summed E-state index contributed by atoms with van der Waals surface area (Å²) >= 11 is 0. The summed E-state index contributed by atoms with van der Waals surface area (Å²) in [6.07, 6.45) is -2.38. The van der Waals surface area contributed by atoms with Gasteiger partial charge in [-0.1, -0.05) is 18.2 Å². The maximum absolute atomic E-state index is 12.2. The molecule has 0 radical (unpaired) electrons. The Morgan fingerprint density at radius 3 is 2.57 bits per heavy atom. The predicted molar refractivity (Wildman–Crippen MR) is 88.5 cm³/mol. The minimum Gasteiger partial charge on any atom is -0.439 e. The number of nitrogens with zero attached hydrogens (tertiary/aromatic N) is 2. The Kier molecular flexibility index (Phi) is 4.62. The molecule has 0 bridgehead atoms. The maximum atomic E-state index is 12.2. The average molecular weight is 391 g/mol. The van der Waals surface area contributed by atoms with Crippen molar-refractivity contribution in [3.63, 3.8) is 0 Å². The van der Waals surface area contributed by atoms with Crippen molar-refractivity contribution in [3.05, 3.63) is 72.4 Å². The minimum atomic E-state index is -4.73. The van der Waals surface area contributed by atoms with Gasteiger partial charge in [-0.3, -0.25) is 4.84 Å². The van der Waals surface area contributed by atoms with Crippen LogP contribution in [0.4, 0.5) is 13.2 Å². The van der Waals surface area contributed by atoms with Gasteiger partial charge in [0.15, 0.2) is 0 Å². The standard InChI is InChI=1S/C18H12F3N3O4/c19-18(20,21)27-13-6-4-11(5-7-13)15-9-16(24-28-15)26-14-3-1-2-12(8-14)17-23-22-10-25-17/h1-10,15,24H/t15-/m0/s1. The van der Waals surface area contributed by atoms with Gasteiger partial charge >= 0.3 is 6.36 Å². The van der Waals surface area contributed by atoms with Crippen molar-refractivity contribution in [1.82, 2.24) is 15.7 Å². The summed E-state index contributed by atoms with van der Waals surface area (Å²) in [7, 11) is 0. The fourth-order valence-corrected chi connectivity index (χ4v) is 2.52. The highest BCUT2D eigenvalue weighted by Gasteiger charge is 2.31. The summed E-state index contributed by atoms with van der Waals surface area (Å²) in [6, 6.07) is 12.4. The van der Waals surface area contributed by atoms with Crippen molar-refractivity contribution < 1.29 is 31.9 Å². The van der Waals surface area contributed by atoms with Crippen LogP contribution in [0, 0.1) is 0 Å². The second kappa shape index (κ2) is 7.24. The van der Waals surface area contributed by atoms with Gasteiger partial charge in [0.25, 0.3) is 0 Å². The van der Waals surface area contributed by atoms with E-state index in [0.717, 1.165) is 0 Å². The third-order valence-electron chi connectivity index (χ3n) is 3.70. The second-order valence-corrected chi connectivity index (χ2v) is 5.66. The fourth-order valence-electron chi connectivity index (χ4n) is 2.52. The molecule has 1 atom stereocenters. The van der Waals surface area contributed by atoms with Crippen molar-refractivity contribution in [3.8, 4) is 23.0 Å². The van der Waals surface area contributed by atoms with E-state index < -0.39 is 12.5 Å². The molecule has 1 aromatic heterocycles. The lowest BCUT2D eigenvalue weighted by Gasteiger charge is -2.11. The Bertz CT molecular complexity index is 972. The summed E-state index contributed by atoms with van der Waals surface area (Å²) in [4.78, 5) is 5.40. The summed E-state index contributed by atoms with van der Waals surface area (Å²) < 4.78 is 51.4. The van der Waals surface area contributed by atoms with Crippen LogP contribution in [0.2, 0.25) is 0 Å². The van der Waals surface area contributed by atoms with Crippen molar-refractivity contribution in [1.29, 1.82) is 0 Å². The normalized spacial score (nSPS) is 16.4. The van der Waals surface area contributed by atoms with Gasteiger partial charge in [0.05, 0.1) is 0 Å². The van der Waals surface area contributed by atoms with E-state index in [1.807, 2.05) is 0 Å². The summed E-state index contributed by atoms with van der Waals surface area (Å²) in [5.74, 6) is 0.894. The van der Waals surface area contributed by atoms with Gasteiger partial charge in [0.1, 0.15) is 17.6 Å². The number of hydroxylamine groups is 1. The highest BCUT2D eigenvalue weighted by molar-refractivity contribution is 5.55. The van der Waals surface area contributed by atoms with Gasteiger partial charge in [-0.25, -0.2) is 5.48 Å². The second-order valence-electron chi connectivity index (χ2n) is 5.66. The number of aromatic nitrogens is 2. The number of hydrogen-bond donors (Lipinski definition) is 1. The number of alkyl halides is 3. The smallest absolute Gasteiger partial charge is 0.439 e. The van der Waals surface area contributed by atoms with E-state index in [1.165, 1.54) is 30.7 Å². The quantitative estimate of drug-likeness (QED) is 0.701. The first-order valence-corrected chi connectivity index (χ1v) is 8.00. The Labute approximate surface area is 156 Å². The van der Waals surface area contributed by atoms with Crippen LogP contribution in [0.3, 0.4) is 0 Å². The van der Waals surface area contributed by atoms with Crippen molar-refractivity contribution >= 4 is 0 Å². The summed E-state index contributed by atoms with van der Waals surface area (Å²) in [5.41, 5.74) is 3.95. The van der Waals surface area contributed by atoms with Crippen molar-refractivity contribution in [2.75, 3.05) is 0 Å². The molecule has 1 aliphatic rings. The van der Waals surface area contributed by atoms with Crippen LogP contribution in [0.5, 0.6) is 11.5 Å². The molecule has 0 fully saturated rings. The average Bonchev–Trinajstić information content (AvgIpc) is 3.33. The Balaban J connectivity index is 1.44. The van der Waals surface area contributed by atoms with Crippen LogP contribution < -0.4 is 15.0 Å². The molecule has 0 saturated carbocycles. The zero-order valence-electron chi connectivity index (χ0n) is 14.0. The molecule has 0 amide bonds. The lowest BCUT2D eigenvalue weighted by molar-refractivity contribution is -0.274. The molecule has 1 aliphatic heterocycles. The molecule has 0 unspecified atom stereocenters. The van der Waals surface area contributed by atoms with Crippen LogP contribution in [-0.2, 0) is 4.84 Å². The maximum Gasteiger partial charge on any atom is 0.573 e. The van der Waals surface area contributed by atoms with E-state index in [-0.39, 0.29) is 5.75 Å². The van der Waals surface area contributed by atoms with Gasteiger partial charge in [-0.2, -0.15) is 0 Å². The first-order chi connectivity index (χ1) is 13.5. The number of halogens is 3. The Morgan fingerprint density at radius 2 is 1.86 bits per heavy atom. The van der Waals surface area contributed by atoms with E-state index in [9.17, 15) is 13.2 Å². The Morgan fingerprint density at radius 1 is 1.04 bits per heavy atom. The molecule has 144 valence electrons. The van der Waals surface area contributed by atoms with Gasteiger partial charge in [-0.05, 0) is 35.9 Å². The number of benzene rings is 2. The van der Waals surface area contributed by atoms with Crippen molar-refractivity contribution in [2.24, 2.45) is 0 Å². The molecular formula is C18H12F3N3O4. The molecular weight excluding hydrogens is 379 g/mol. The van der Waals surface area contributed by atoms with Gasteiger partial charge in [-0.15, -0.1) is 23.4 Å². The van der Waals surface area contributed by atoms with E-state index in [2.05, 4.69) is 20.4 Å². The molecule has 4 rings (SSSR count). The van der Waals surface area contributed by atoms with Gasteiger partial charge < -0.3 is 13.9 Å². The number of nitrogens with one attached hydrogen (secondary N) is 1.